The molecule has 0 unspecified atom stereocenters. The van der Waals surface area contributed by atoms with Crippen LogP contribution in [0.3, 0.4) is 0 Å². The van der Waals surface area contributed by atoms with Crippen molar-refractivity contribution in [3.8, 4) is 5.88 Å². The van der Waals surface area contributed by atoms with E-state index in [2.05, 4.69) is 26.2 Å². The number of nitrogens with one attached hydrogen (secondary N) is 1. The molecule has 0 aliphatic heterocycles. The fraction of sp³-hybridized carbons (Fsp3) is 0.500. The van der Waals surface area contributed by atoms with Crippen LogP contribution in [0.5, 0.6) is 5.88 Å². The highest BCUT2D eigenvalue weighted by Gasteiger charge is 2.07. The summed E-state index contributed by atoms with van der Waals surface area (Å²) in [5, 5.41) is 3.74. The molecule has 5 heteroatoms. The number of nitrogens with zero attached hydrogens (tertiary/aromatic N) is 1. The van der Waals surface area contributed by atoms with Gasteiger partial charge in [0.15, 0.2) is 0 Å². The minimum atomic E-state index is -0.0000898. The lowest BCUT2D eigenvalue weighted by Crippen LogP contribution is -2.12. The molecule has 0 spiro atoms. The summed E-state index contributed by atoms with van der Waals surface area (Å²) in [7, 11) is 0. The van der Waals surface area contributed by atoms with E-state index in [1.54, 1.807) is 18.3 Å². The lowest BCUT2D eigenvalue weighted by atomic mass is 10.2. The zero-order valence-electron chi connectivity index (χ0n) is 9.91. The standard InChI is InChI=1S/C12H17BrN2O2/c1-2-17-12-10(6-5-9-14-12)15-11(16)7-3-4-8-13/h5-6,9H,2-4,7-8H2,1H3,(H,15,16). The van der Waals surface area contributed by atoms with Gasteiger partial charge in [0, 0.05) is 17.9 Å². The van der Waals surface area contributed by atoms with Gasteiger partial charge in [0.1, 0.15) is 5.69 Å². The Morgan fingerprint density at radius 1 is 1.53 bits per heavy atom. The second kappa shape index (κ2) is 8.06. The highest BCUT2D eigenvalue weighted by Crippen LogP contribution is 2.20. The van der Waals surface area contributed by atoms with Gasteiger partial charge in [-0.1, -0.05) is 15.9 Å². The molecule has 0 saturated carbocycles. The zero-order chi connectivity index (χ0) is 12.5. The summed E-state index contributed by atoms with van der Waals surface area (Å²) >= 11 is 3.34. The number of ether oxygens (including phenoxy) is 1. The number of amides is 1. The van der Waals surface area contributed by atoms with E-state index < -0.39 is 0 Å². The molecule has 0 bridgehead atoms. The predicted octanol–water partition coefficient (Wildman–Crippen LogP) is 2.98. The molecule has 4 nitrogen and oxygen atoms in total. The monoisotopic (exact) mass is 300 g/mol. The van der Waals surface area contributed by atoms with Gasteiger partial charge in [0.25, 0.3) is 0 Å². The number of hydrogen-bond donors (Lipinski definition) is 1. The first-order valence-electron chi connectivity index (χ1n) is 5.71. The molecule has 0 aliphatic rings. The quantitative estimate of drug-likeness (QED) is 0.622. The van der Waals surface area contributed by atoms with Crippen molar-refractivity contribution in [2.45, 2.75) is 26.2 Å². The van der Waals surface area contributed by atoms with Crippen molar-refractivity contribution in [3.05, 3.63) is 18.3 Å². The van der Waals surface area contributed by atoms with Gasteiger partial charge in [-0.3, -0.25) is 4.79 Å². The van der Waals surface area contributed by atoms with Crippen molar-refractivity contribution in [2.75, 3.05) is 17.3 Å². The summed E-state index contributed by atoms with van der Waals surface area (Å²) in [5.74, 6) is 0.476. The van der Waals surface area contributed by atoms with Gasteiger partial charge in [-0.25, -0.2) is 4.98 Å². The van der Waals surface area contributed by atoms with E-state index in [0.717, 1.165) is 18.2 Å². The molecule has 0 saturated heterocycles. The smallest absolute Gasteiger partial charge is 0.237 e. The first-order valence-corrected chi connectivity index (χ1v) is 6.83. The van der Waals surface area contributed by atoms with E-state index in [1.807, 2.05) is 6.92 Å². The summed E-state index contributed by atoms with van der Waals surface area (Å²) in [5.41, 5.74) is 0.637. The van der Waals surface area contributed by atoms with Crippen molar-refractivity contribution in [1.82, 2.24) is 4.98 Å². The molecule has 1 N–H and O–H groups in total. The van der Waals surface area contributed by atoms with Crippen LogP contribution in [0.2, 0.25) is 0 Å². The summed E-state index contributed by atoms with van der Waals surface area (Å²) in [4.78, 5) is 15.7. The third-order valence-electron chi connectivity index (χ3n) is 2.11. The Balaban J connectivity index is 2.52. The molecule has 94 valence electrons. The maximum atomic E-state index is 11.6. The van der Waals surface area contributed by atoms with Gasteiger partial charge in [-0.15, -0.1) is 0 Å². The summed E-state index contributed by atoms with van der Waals surface area (Å²) in [6.45, 7) is 2.42. The second-order valence-electron chi connectivity index (χ2n) is 3.48. The fourth-order valence-corrected chi connectivity index (χ4v) is 1.73. The van der Waals surface area contributed by atoms with E-state index >= 15 is 0 Å². The molecular weight excluding hydrogens is 284 g/mol. The van der Waals surface area contributed by atoms with Gasteiger partial charge >= 0.3 is 0 Å². The lowest BCUT2D eigenvalue weighted by Gasteiger charge is -2.09. The van der Waals surface area contributed by atoms with Gasteiger partial charge in [-0.2, -0.15) is 0 Å². The van der Waals surface area contributed by atoms with Gasteiger partial charge in [-0.05, 0) is 31.9 Å². The first kappa shape index (κ1) is 14.0. The number of hydrogen-bond acceptors (Lipinski definition) is 3. The largest absolute Gasteiger partial charge is 0.476 e. The van der Waals surface area contributed by atoms with Gasteiger partial charge < -0.3 is 10.1 Å². The molecule has 1 heterocycles. The Morgan fingerprint density at radius 3 is 3.06 bits per heavy atom. The number of carbonyl (C=O) groups is 1. The normalized spacial score (nSPS) is 10.0. The molecule has 0 radical (unpaired) electrons. The fourth-order valence-electron chi connectivity index (χ4n) is 1.33. The number of anilines is 1. The van der Waals surface area contributed by atoms with Gasteiger partial charge in [0.2, 0.25) is 11.8 Å². The molecule has 0 aromatic carbocycles. The maximum absolute atomic E-state index is 11.6. The van der Waals surface area contributed by atoms with Crippen LogP contribution in [0, 0.1) is 0 Å². The average Bonchev–Trinajstić information content (AvgIpc) is 2.32. The molecule has 1 amide bonds. The van der Waals surface area contributed by atoms with Crippen molar-refractivity contribution in [2.24, 2.45) is 0 Å². The van der Waals surface area contributed by atoms with Crippen molar-refractivity contribution < 1.29 is 9.53 Å². The van der Waals surface area contributed by atoms with Crippen molar-refractivity contribution in [1.29, 1.82) is 0 Å². The predicted molar refractivity (Wildman–Crippen MR) is 71.7 cm³/mol. The maximum Gasteiger partial charge on any atom is 0.237 e. The van der Waals surface area contributed by atoms with Crippen molar-refractivity contribution in [3.63, 3.8) is 0 Å². The third kappa shape index (κ3) is 5.17. The lowest BCUT2D eigenvalue weighted by molar-refractivity contribution is -0.116. The Hall–Kier alpha value is -1.10. The SMILES string of the molecule is CCOc1ncccc1NC(=O)CCCCBr. The minimum absolute atomic E-state index is 0.0000898. The molecule has 1 aromatic rings. The molecule has 0 fully saturated rings. The summed E-state index contributed by atoms with van der Waals surface area (Å²) in [6, 6.07) is 3.57. The Kier molecular flexibility index (Phi) is 6.62. The zero-order valence-corrected chi connectivity index (χ0v) is 11.5. The molecular formula is C12H17BrN2O2. The highest BCUT2D eigenvalue weighted by atomic mass is 79.9. The molecule has 0 atom stereocenters. The first-order chi connectivity index (χ1) is 8.27. The van der Waals surface area contributed by atoms with E-state index in [0.29, 0.717) is 24.6 Å². The van der Waals surface area contributed by atoms with Crippen LogP contribution in [-0.4, -0.2) is 22.8 Å². The van der Waals surface area contributed by atoms with Crippen LogP contribution in [-0.2, 0) is 4.79 Å². The van der Waals surface area contributed by atoms with Gasteiger partial charge in [0.05, 0.1) is 6.61 Å². The van der Waals surface area contributed by atoms with Crippen molar-refractivity contribution >= 4 is 27.5 Å². The molecule has 17 heavy (non-hydrogen) atoms. The number of pyridine rings is 1. The van der Waals surface area contributed by atoms with Crippen LogP contribution in [0.1, 0.15) is 26.2 Å². The Labute approximate surface area is 110 Å². The van der Waals surface area contributed by atoms with E-state index in [-0.39, 0.29) is 5.91 Å². The average molecular weight is 301 g/mol. The number of alkyl halides is 1. The summed E-state index contributed by atoms with van der Waals surface area (Å²) < 4.78 is 5.33. The minimum Gasteiger partial charge on any atom is -0.476 e. The number of carbonyl (C=O) groups excluding carboxylic acids is 1. The van der Waals surface area contributed by atoms with Crippen LogP contribution < -0.4 is 10.1 Å². The number of aromatic nitrogens is 1. The molecule has 1 aromatic heterocycles. The Morgan fingerprint density at radius 2 is 2.35 bits per heavy atom. The van der Waals surface area contributed by atoms with Crippen LogP contribution in [0.15, 0.2) is 18.3 Å². The number of unbranched alkanes of at least 4 members (excludes halogenated alkanes) is 1. The van der Waals surface area contributed by atoms with E-state index in [9.17, 15) is 4.79 Å². The van der Waals surface area contributed by atoms with E-state index in [4.69, 9.17) is 4.74 Å². The third-order valence-corrected chi connectivity index (χ3v) is 2.67. The number of rotatable bonds is 7. The van der Waals surface area contributed by atoms with E-state index in [1.165, 1.54) is 0 Å². The number of halogens is 1. The summed E-state index contributed by atoms with van der Waals surface area (Å²) in [6.07, 6.45) is 4.04. The van der Waals surface area contributed by atoms with Crippen LogP contribution in [0.4, 0.5) is 5.69 Å². The topological polar surface area (TPSA) is 51.2 Å². The van der Waals surface area contributed by atoms with Crippen LogP contribution in [0.25, 0.3) is 0 Å². The highest BCUT2D eigenvalue weighted by molar-refractivity contribution is 9.09. The Bertz CT molecular complexity index is 358. The molecule has 1 rings (SSSR count). The van der Waals surface area contributed by atoms with Crippen LogP contribution >= 0.6 is 15.9 Å². The second-order valence-corrected chi connectivity index (χ2v) is 4.28. The molecule has 0 aliphatic carbocycles.